The van der Waals surface area contributed by atoms with Gasteiger partial charge in [0.05, 0.1) is 16.3 Å². The SMILES string of the molecule is CCC(CCO)CNC(=O)c1cc(-c2ccccn2)ccc1Cl. The van der Waals surface area contributed by atoms with Gasteiger partial charge in [-0.1, -0.05) is 37.1 Å². The number of amides is 1. The zero-order valence-electron chi connectivity index (χ0n) is 13.1. The van der Waals surface area contributed by atoms with E-state index in [9.17, 15) is 4.79 Å². The number of nitrogens with one attached hydrogen (secondary N) is 1. The van der Waals surface area contributed by atoms with Gasteiger partial charge < -0.3 is 10.4 Å². The molecule has 0 saturated carbocycles. The lowest BCUT2D eigenvalue weighted by atomic mass is 10.0. The molecular formula is C18H21ClN2O2. The van der Waals surface area contributed by atoms with E-state index < -0.39 is 0 Å². The van der Waals surface area contributed by atoms with Gasteiger partial charge in [-0.05, 0) is 36.6 Å². The average molecular weight is 333 g/mol. The van der Waals surface area contributed by atoms with E-state index in [2.05, 4.69) is 10.3 Å². The zero-order chi connectivity index (χ0) is 16.7. The van der Waals surface area contributed by atoms with E-state index in [4.69, 9.17) is 16.7 Å². The van der Waals surface area contributed by atoms with Gasteiger partial charge in [0.1, 0.15) is 0 Å². The monoisotopic (exact) mass is 332 g/mol. The highest BCUT2D eigenvalue weighted by molar-refractivity contribution is 6.34. The summed E-state index contributed by atoms with van der Waals surface area (Å²) in [5.74, 6) is 0.0610. The van der Waals surface area contributed by atoms with Gasteiger partial charge in [0.15, 0.2) is 0 Å². The minimum atomic E-state index is -0.204. The fraction of sp³-hybridized carbons (Fsp3) is 0.333. The molecule has 0 bridgehead atoms. The molecule has 2 aromatic rings. The van der Waals surface area contributed by atoms with Crippen LogP contribution < -0.4 is 5.32 Å². The number of halogens is 1. The van der Waals surface area contributed by atoms with Crippen LogP contribution in [-0.4, -0.2) is 29.1 Å². The van der Waals surface area contributed by atoms with Gasteiger partial charge in [-0.3, -0.25) is 9.78 Å². The lowest BCUT2D eigenvalue weighted by Crippen LogP contribution is -2.29. The van der Waals surface area contributed by atoms with Crippen LogP contribution in [0.2, 0.25) is 5.02 Å². The first-order valence-corrected chi connectivity index (χ1v) is 8.13. The fourth-order valence-corrected chi connectivity index (χ4v) is 2.56. The van der Waals surface area contributed by atoms with Crippen LogP contribution in [0.4, 0.5) is 0 Å². The molecule has 0 spiro atoms. The Labute approximate surface area is 141 Å². The Kier molecular flexibility index (Phi) is 6.56. The largest absolute Gasteiger partial charge is 0.396 e. The molecule has 0 aliphatic carbocycles. The third-order valence-corrected chi connectivity index (χ3v) is 4.17. The first-order chi connectivity index (χ1) is 11.2. The van der Waals surface area contributed by atoms with E-state index in [0.717, 1.165) is 17.7 Å². The number of carbonyl (C=O) groups is 1. The van der Waals surface area contributed by atoms with Crippen molar-refractivity contribution in [3.8, 4) is 11.3 Å². The maximum absolute atomic E-state index is 12.4. The van der Waals surface area contributed by atoms with Crippen LogP contribution in [0.3, 0.4) is 0 Å². The topological polar surface area (TPSA) is 62.2 Å². The molecule has 0 radical (unpaired) electrons. The molecule has 4 nitrogen and oxygen atoms in total. The predicted octanol–water partition coefficient (Wildman–Crippen LogP) is 3.54. The first-order valence-electron chi connectivity index (χ1n) is 7.75. The van der Waals surface area contributed by atoms with Crippen molar-refractivity contribution in [1.29, 1.82) is 0 Å². The molecule has 2 N–H and O–H groups in total. The van der Waals surface area contributed by atoms with Gasteiger partial charge in [0.25, 0.3) is 5.91 Å². The minimum Gasteiger partial charge on any atom is -0.396 e. The molecule has 0 aliphatic heterocycles. The number of hydrogen-bond donors (Lipinski definition) is 2. The quantitative estimate of drug-likeness (QED) is 0.815. The van der Waals surface area contributed by atoms with Crippen molar-refractivity contribution in [2.24, 2.45) is 5.92 Å². The Hall–Kier alpha value is -1.91. The summed E-state index contributed by atoms with van der Waals surface area (Å²) in [6.07, 6.45) is 3.30. The maximum Gasteiger partial charge on any atom is 0.252 e. The molecular weight excluding hydrogens is 312 g/mol. The number of aromatic nitrogens is 1. The van der Waals surface area contributed by atoms with E-state index in [1.165, 1.54) is 0 Å². The summed E-state index contributed by atoms with van der Waals surface area (Å²) >= 11 is 6.17. The molecule has 1 aromatic heterocycles. The van der Waals surface area contributed by atoms with Crippen molar-refractivity contribution in [3.05, 3.63) is 53.2 Å². The standard InChI is InChI=1S/C18H21ClN2O2/c1-2-13(8-10-22)12-21-18(23)15-11-14(6-7-16(15)19)17-5-3-4-9-20-17/h3-7,9,11,13,22H,2,8,10,12H2,1H3,(H,21,23). The molecule has 0 saturated heterocycles. The summed E-state index contributed by atoms with van der Waals surface area (Å²) in [6, 6.07) is 11.0. The third kappa shape index (κ3) is 4.78. The molecule has 5 heteroatoms. The highest BCUT2D eigenvalue weighted by Crippen LogP contribution is 2.24. The van der Waals surface area contributed by atoms with Crippen molar-refractivity contribution in [1.82, 2.24) is 10.3 Å². The Morgan fingerprint density at radius 2 is 2.17 bits per heavy atom. The van der Waals surface area contributed by atoms with E-state index in [-0.39, 0.29) is 18.4 Å². The van der Waals surface area contributed by atoms with Crippen molar-refractivity contribution in [3.63, 3.8) is 0 Å². The second kappa shape index (κ2) is 8.65. The third-order valence-electron chi connectivity index (χ3n) is 3.84. The number of aliphatic hydroxyl groups excluding tert-OH is 1. The molecule has 0 fully saturated rings. The summed E-state index contributed by atoms with van der Waals surface area (Å²) in [5, 5.41) is 12.3. The maximum atomic E-state index is 12.4. The Balaban J connectivity index is 2.14. The molecule has 2 rings (SSSR count). The minimum absolute atomic E-state index is 0.129. The van der Waals surface area contributed by atoms with E-state index in [1.807, 2.05) is 31.2 Å². The smallest absolute Gasteiger partial charge is 0.252 e. The van der Waals surface area contributed by atoms with Crippen LogP contribution in [-0.2, 0) is 0 Å². The Morgan fingerprint density at radius 1 is 1.35 bits per heavy atom. The Morgan fingerprint density at radius 3 is 2.83 bits per heavy atom. The number of carbonyl (C=O) groups excluding carboxylic acids is 1. The molecule has 0 aliphatic rings. The van der Waals surface area contributed by atoms with E-state index in [1.54, 1.807) is 18.3 Å². The number of hydrogen-bond acceptors (Lipinski definition) is 3. The summed E-state index contributed by atoms with van der Waals surface area (Å²) in [5.41, 5.74) is 2.08. The van der Waals surface area contributed by atoms with Crippen molar-refractivity contribution in [2.75, 3.05) is 13.2 Å². The van der Waals surface area contributed by atoms with Gasteiger partial charge in [0.2, 0.25) is 0 Å². The average Bonchev–Trinajstić information content (AvgIpc) is 2.59. The summed E-state index contributed by atoms with van der Waals surface area (Å²) < 4.78 is 0. The van der Waals surface area contributed by atoms with Gasteiger partial charge in [-0.2, -0.15) is 0 Å². The Bertz CT molecular complexity index is 647. The van der Waals surface area contributed by atoms with Crippen LogP contribution in [0.1, 0.15) is 30.1 Å². The summed E-state index contributed by atoms with van der Waals surface area (Å²) in [4.78, 5) is 16.7. The fourth-order valence-electron chi connectivity index (χ4n) is 2.36. The van der Waals surface area contributed by atoms with Gasteiger partial charge >= 0.3 is 0 Å². The number of rotatable bonds is 7. The normalized spacial score (nSPS) is 12.0. The lowest BCUT2D eigenvalue weighted by Gasteiger charge is -2.15. The number of pyridine rings is 1. The zero-order valence-corrected chi connectivity index (χ0v) is 13.9. The molecule has 1 atom stereocenters. The number of aliphatic hydroxyl groups is 1. The van der Waals surface area contributed by atoms with Gasteiger partial charge in [-0.15, -0.1) is 0 Å². The van der Waals surface area contributed by atoms with Gasteiger partial charge in [0, 0.05) is 24.9 Å². The van der Waals surface area contributed by atoms with Crippen LogP contribution >= 0.6 is 11.6 Å². The summed E-state index contributed by atoms with van der Waals surface area (Å²) in [7, 11) is 0. The van der Waals surface area contributed by atoms with E-state index in [0.29, 0.717) is 23.6 Å². The first kappa shape index (κ1) is 17.4. The van der Waals surface area contributed by atoms with Crippen molar-refractivity contribution >= 4 is 17.5 Å². The van der Waals surface area contributed by atoms with E-state index >= 15 is 0 Å². The van der Waals surface area contributed by atoms with Gasteiger partial charge in [-0.25, -0.2) is 0 Å². The van der Waals surface area contributed by atoms with Crippen LogP contribution in [0, 0.1) is 5.92 Å². The highest BCUT2D eigenvalue weighted by Gasteiger charge is 2.14. The molecule has 1 aromatic carbocycles. The molecule has 1 amide bonds. The van der Waals surface area contributed by atoms with Crippen LogP contribution in [0.25, 0.3) is 11.3 Å². The molecule has 1 heterocycles. The predicted molar refractivity (Wildman–Crippen MR) is 92.5 cm³/mol. The summed E-state index contributed by atoms with van der Waals surface area (Å²) in [6.45, 7) is 2.70. The second-order valence-corrected chi connectivity index (χ2v) is 5.81. The second-order valence-electron chi connectivity index (χ2n) is 5.41. The number of benzene rings is 1. The van der Waals surface area contributed by atoms with Crippen LogP contribution in [0.5, 0.6) is 0 Å². The van der Waals surface area contributed by atoms with Crippen molar-refractivity contribution < 1.29 is 9.90 Å². The molecule has 122 valence electrons. The highest BCUT2D eigenvalue weighted by atomic mass is 35.5. The lowest BCUT2D eigenvalue weighted by molar-refractivity contribution is 0.0943. The number of nitrogens with zero attached hydrogens (tertiary/aromatic N) is 1. The molecule has 1 unspecified atom stereocenters. The molecule has 23 heavy (non-hydrogen) atoms. The van der Waals surface area contributed by atoms with Crippen LogP contribution in [0.15, 0.2) is 42.6 Å². The van der Waals surface area contributed by atoms with Crippen molar-refractivity contribution in [2.45, 2.75) is 19.8 Å².